The second kappa shape index (κ2) is 15.3. The van der Waals surface area contributed by atoms with Crippen LogP contribution in [0, 0.1) is 5.92 Å². The lowest BCUT2D eigenvalue weighted by atomic mass is 10.1. The van der Waals surface area contributed by atoms with Crippen LogP contribution in [0.5, 0.6) is 17.2 Å². The summed E-state index contributed by atoms with van der Waals surface area (Å²) in [5.74, 6) is 2.20. The van der Waals surface area contributed by atoms with E-state index in [0.29, 0.717) is 30.4 Å². The average Bonchev–Trinajstić information content (AvgIpc) is 2.82. The fourth-order valence-electron chi connectivity index (χ4n) is 3.24. The van der Waals surface area contributed by atoms with Crippen molar-refractivity contribution < 1.29 is 19.0 Å². The number of carbonyl (C=O) groups excluding carboxylic acids is 1. The number of unbranched alkanes of at least 4 members (excludes halogenated alkanes) is 7. The normalized spacial score (nSPS) is 11.7. The first-order chi connectivity index (χ1) is 15.6. The summed E-state index contributed by atoms with van der Waals surface area (Å²) in [6, 6.07) is 14.3. The van der Waals surface area contributed by atoms with Crippen LogP contribution in [0.4, 0.5) is 0 Å². The smallest absolute Gasteiger partial charge is 0.343 e. The first-order valence-electron chi connectivity index (χ1n) is 12.3. The molecule has 0 aliphatic heterocycles. The molecule has 0 radical (unpaired) electrons. The molecule has 0 saturated carbocycles. The molecule has 0 spiro atoms. The van der Waals surface area contributed by atoms with Crippen molar-refractivity contribution in [3.8, 4) is 17.2 Å². The van der Waals surface area contributed by atoms with Crippen molar-refractivity contribution in [3.63, 3.8) is 0 Å². The lowest BCUT2D eigenvalue weighted by Gasteiger charge is -2.11. The van der Waals surface area contributed by atoms with Crippen molar-refractivity contribution >= 4 is 5.97 Å². The molecule has 4 heteroatoms. The van der Waals surface area contributed by atoms with Crippen LogP contribution in [0.1, 0.15) is 88.9 Å². The molecule has 0 aliphatic rings. The molecule has 2 rings (SSSR count). The molecule has 0 bridgehead atoms. The molecule has 0 fully saturated rings. The molecule has 0 N–H and O–H groups in total. The van der Waals surface area contributed by atoms with Crippen LogP contribution in [0.15, 0.2) is 48.5 Å². The first-order valence-corrected chi connectivity index (χ1v) is 12.3. The lowest BCUT2D eigenvalue weighted by Crippen LogP contribution is -2.09. The fraction of sp³-hybridized carbons (Fsp3) is 0.536. The Bertz CT molecular complexity index is 752. The minimum atomic E-state index is -0.382. The summed E-state index contributed by atoms with van der Waals surface area (Å²) >= 11 is 0. The lowest BCUT2D eigenvalue weighted by molar-refractivity contribution is 0.0734. The monoisotopic (exact) mass is 440 g/mol. The Balaban J connectivity index is 1.67. The third kappa shape index (κ3) is 10.2. The molecule has 0 aliphatic carbocycles. The molecule has 4 nitrogen and oxygen atoms in total. The zero-order valence-corrected chi connectivity index (χ0v) is 20.1. The summed E-state index contributed by atoms with van der Waals surface area (Å²) in [6.45, 7) is 7.94. The van der Waals surface area contributed by atoms with E-state index in [4.69, 9.17) is 14.2 Å². The van der Waals surface area contributed by atoms with E-state index in [2.05, 4.69) is 20.8 Å². The zero-order valence-electron chi connectivity index (χ0n) is 20.1. The predicted octanol–water partition coefficient (Wildman–Crippen LogP) is 7.85. The largest absolute Gasteiger partial charge is 0.494 e. The number of benzene rings is 2. The molecule has 0 saturated heterocycles. The van der Waals surface area contributed by atoms with Gasteiger partial charge in [-0.1, -0.05) is 72.1 Å². The molecule has 2 aromatic rings. The van der Waals surface area contributed by atoms with Gasteiger partial charge in [0.2, 0.25) is 0 Å². The molecule has 0 amide bonds. The quantitative estimate of drug-likeness (QED) is 0.151. The Morgan fingerprint density at radius 1 is 0.719 bits per heavy atom. The van der Waals surface area contributed by atoms with Crippen LogP contribution < -0.4 is 14.2 Å². The molecule has 32 heavy (non-hydrogen) atoms. The van der Waals surface area contributed by atoms with Crippen LogP contribution in [-0.2, 0) is 0 Å². The number of hydrogen-bond donors (Lipinski definition) is 0. The van der Waals surface area contributed by atoms with E-state index >= 15 is 0 Å². The number of esters is 1. The van der Waals surface area contributed by atoms with E-state index < -0.39 is 0 Å². The van der Waals surface area contributed by atoms with E-state index in [1.165, 1.54) is 44.9 Å². The van der Waals surface area contributed by atoms with Gasteiger partial charge in [0.1, 0.15) is 17.2 Å². The van der Waals surface area contributed by atoms with Gasteiger partial charge >= 0.3 is 5.97 Å². The summed E-state index contributed by atoms with van der Waals surface area (Å²) in [4.78, 5) is 12.4. The van der Waals surface area contributed by atoms with Gasteiger partial charge in [-0.15, -0.1) is 0 Å². The fourth-order valence-corrected chi connectivity index (χ4v) is 3.24. The summed E-state index contributed by atoms with van der Waals surface area (Å²) in [5.41, 5.74) is 0.501. The van der Waals surface area contributed by atoms with Gasteiger partial charge in [0.25, 0.3) is 0 Å². The number of rotatable bonds is 16. The van der Waals surface area contributed by atoms with Crippen molar-refractivity contribution in [3.05, 3.63) is 54.1 Å². The Labute approximate surface area is 194 Å². The zero-order chi connectivity index (χ0) is 23.0. The van der Waals surface area contributed by atoms with Crippen LogP contribution in [0.25, 0.3) is 0 Å². The minimum Gasteiger partial charge on any atom is -0.494 e. The maximum atomic E-state index is 12.4. The Morgan fingerprint density at radius 2 is 1.25 bits per heavy atom. The van der Waals surface area contributed by atoms with Crippen molar-refractivity contribution in [2.45, 2.75) is 78.6 Å². The van der Waals surface area contributed by atoms with E-state index in [1.54, 1.807) is 24.3 Å². The summed E-state index contributed by atoms with van der Waals surface area (Å²) in [7, 11) is 0. The van der Waals surface area contributed by atoms with Crippen molar-refractivity contribution in [1.82, 2.24) is 0 Å². The van der Waals surface area contributed by atoms with Crippen molar-refractivity contribution in [2.24, 2.45) is 5.92 Å². The maximum Gasteiger partial charge on any atom is 0.343 e. The van der Waals surface area contributed by atoms with Gasteiger partial charge in [-0.2, -0.15) is 0 Å². The third-order valence-electron chi connectivity index (χ3n) is 5.62. The summed E-state index contributed by atoms with van der Waals surface area (Å²) in [6.07, 6.45) is 11.3. The number of hydrogen-bond acceptors (Lipinski definition) is 4. The highest BCUT2D eigenvalue weighted by Gasteiger charge is 2.09. The highest BCUT2D eigenvalue weighted by Crippen LogP contribution is 2.20. The summed E-state index contributed by atoms with van der Waals surface area (Å²) < 4.78 is 17.0. The van der Waals surface area contributed by atoms with Gasteiger partial charge in [0, 0.05) is 0 Å². The van der Waals surface area contributed by atoms with Gasteiger partial charge in [0.05, 0.1) is 18.8 Å². The van der Waals surface area contributed by atoms with E-state index in [1.807, 2.05) is 24.3 Å². The number of carbonyl (C=O) groups is 1. The van der Waals surface area contributed by atoms with Gasteiger partial charge in [-0.25, -0.2) is 4.79 Å². The van der Waals surface area contributed by atoms with E-state index in [0.717, 1.165) is 24.3 Å². The molecule has 2 aromatic carbocycles. The van der Waals surface area contributed by atoms with E-state index in [9.17, 15) is 4.79 Å². The molecule has 0 aromatic heterocycles. The molecule has 0 heterocycles. The van der Waals surface area contributed by atoms with E-state index in [-0.39, 0.29) is 5.97 Å². The predicted molar refractivity (Wildman–Crippen MR) is 131 cm³/mol. The second-order valence-electron chi connectivity index (χ2n) is 8.53. The average molecular weight is 441 g/mol. The molecule has 1 atom stereocenters. The molecular formula is C28H40O4. The standard InChI is InChI=1S/C28H40O4/c1-4-6-7-8-9-10-11-12-21-30-25-15-13-24(14-16-25)28(29)32-27-19-17-26(18-20-27)31-22-23(3)5-2/h13-20,23H,4-12,21-22H2,1-3H3. The Hall–Kier alpha value is -2.49. The van der Waals surface area contributed by atoms with Crippen LogP contribution >= 0.6 is 0 Å². The Kier molecular flexibility index (Phi) is 12.3. The third-order valence-corrected chi connectivity index (χ3v) is 5.62. The number of ether oxygens (including phenoxy) is 3. The van der Waals surface area contributed by atoms with Crippen LogP contribution in [-0.4, -0.2) is 19.2 Å². The SMILES string of the molecule is CCCCCCCCCCOc1ccc(C(=O)Oc2ccc(OCC(C)CC)cc2)cc1. The highest BCUT2D eigenvalue weighted by molar-refractivity contribution is 5.91. The highest BCUT2D eigenvalue weighted by atomic mass is 16.5. The van der Waals surface area contributed by atoms with Crippen LogP contribution in [0.3, 0.4) is 0 Å². The van der Waals surface area contributed by atoms with Gasteiger partial charge in [-0.3, -0.25) is 0 Å². The maximum absolute atomic E-state index is 12.4. The topological polar surface area (TPSA) is 44.8 Å². The van der Waals surface area contributed by atoms with Crippen molar-refractivity contribution in [2.75, 3.05) is 13.2 Å². The Morgan fingerprint density at radius 3 is 1.88 bits per heavy atom. The first kappa shape index (κ1) is 25.8. The van der Waals surface area contributed by atoms with Gasteiger partial charge < -0.3 is 14.2 Å². The molecular weight excluding hydrogens is 400 g/mol. The minimum absolute atomic E-state index is 0.382. The van der Waals surface area contributed by atoms with Gasteiger partial charge in [0.15, 0.2) is 0 Å². The molecule has 176 valence electrons. The molecule has 1 unspecified atom stereocenters. The van der Waals surface area contributed by atoms with Crippen LogP contribution in [0.2, 0.25) is 0 Å². The van der Waals surface area contributed by atoms with Gasteiger partial charge in [-0.05, 0) is 60.9 Å². The second-order valence-corrected chi connectivity index (χ2v) is 8.53. The van der Waals surface area contributed by atoms with Crippen molar-refractivity contribution in [1.29, 1.82) is 0 Å². The summed E-state index contributed by atoms with van der Waals surface area (Å²) in [5, 5.41) is 0.